The summed E-state index contributed by atoms with van der Waals surface area (Å²) in [6.45, 7) is 8.05. The predicted octanol–water partition coefficient (Wildman–Crippen LogP) is 1.58. The quantitative estimate of drug-likeness (QED) is 0.775. The average molecular weight is 280 g/mol. The van der Waals surface area contributed by atoms with Crippen LogP contribution in [0.5, 0.6) is 5.88 Å². The smallest absolute Gasteiger partial charge is 0.410 e. The molecule has 1 aromatic rings. The van der Waals surface area contributed by atoms with Crippen LogP contribution < -0.4 is 10.5 Å². The minimum absolute atomic E-state index is 0.208. The number of nitrogens with zero attached hydrogens (tertiary/aromatic N) is 3. The second kappa shape index (κ2) is 5.15. The lowest BCUT2D eigenvalue weighted by Gasteiger charge is -2.26. The number of carbonyl (C=O) groups excluding carboxylic acids is 1. The second-order valence-electron chi connectivity index (χ2n) is 5.84. The number of hydrogen-bond acceptors (Lipinski definition) is 6. The van der Waals surface area contributed by atoms with Gasteiger partial charge in [-0.25, -0.2) is 9.78 Å². The molecule has 0 radical (unpaired) electrons. The van der Waals surface area contributed by atoms with Gasteiger partial charge in [0.2, 0.25) is 5.88 Å². The molecule has 2 N–H and O–H groups in total. The molecule has 0 bridgehead atoms. The minimum atomic E-state index is -0.539. The fraction of sp³-hybridized carbons (Fsp3) is 0.615. The molecule has 0 aliphatic carbocycles. The number of nitrogen functional groups attached to an aromatic ring is 1. The van der Waals surface area contributed by atoms with Gasteiger partial charge in [-0.05, 0) is 27.7 Å². The van der Waals surface area contributed by atoms with E-state index in [0.29, 0.717) is 30.5 Å². The van der Waals surface area contributed by atoms with Crippen LogP contribution in [0.1, 0.15) is 33.4 Å². The van der Waals surface area contributed by atoms with Crippen molar-refractivity contribution in [3.05, 3.63) is 11.9 Å². The van der Waals surface area contributed by atoms with Crippen LogP contribution in [0, 0.1) is 0 Å². The van der Waals surface area contributed by atoms with Gasteiger partial charge in [-0.3, -0.25) is 4.90 Å². The molecular formula is C13H20N4O3. The maximum absolute atomic E-state index is 12.2. The number of nitrogens with two attached hydrogens (primary N) is 1. The van der Waals surface area contributed by atoms with Gasteiger partial charge in [-0.2, -0.15) is 4.98 Å². The van der Waals surface area contributed by atoms with Crippen molar-refractivity contribution in [3.8, 4) is 5.88 Å². The number of amides is 1. The van der Waals surface area contributed by atoms with E-state index >= 15 is 0 Å². The fourth-order valence-electron chi connectivity index (χ4n) is 1.86. The highest BCUT2D eigenvalue weighted by Crippen LogP contribution is 2.23. The highest BCUT2D eigenvalue weighted by molar-refractivity contribution is 5.68. The summed E-state index contributed by atoms with van der Waals surface area (Å²) >= 11 is 0. The van der Waals surface area contributed by atoms with E-state index in [9.17, 15) is 4.79 Å². The van der Waals surface area contributed by atoms with Gasteiger partial charge < -0.3 is 15.2 Å². The van der Waals surface area contributed by atoms with Crippen LogP contribution in [-0.4, -0.2) is 39.2 Å². The third-order valence-electron chi connectivity index (χ3n) is 2.61. The van der Waals surface area contributed by atoms with Crippen LogP contribution in [0.25, 0.3) is 0 Å². The van der Waals surface area contributed by atoms with Crippen molar-refractivity contribution in [1.29, 1.82) is 0 Å². The SMILES string of the molecule is CC1CN(C(=O)OC(C)(C)C)Cc2ncc(N)nc2O1. The van der Waals surface area contributed by atoms with Gasteiger partial charge in [0.15, 0.2) is 0 Å². The lowest BCUT2D eigenvalue weighted by molar-refractivity contribution is 0.0186. The van der Waals surface area contributed by atoms with Crippen LogP contribution in [0.15, 0.2) is 6.20 Å². The summed E-state index contributed by atoms with van der Waals surface area (Å²) in [5.74, 6) is 0.672. The highest BCUT2D eigenvalue weighted by atomic mass is 16.6. The number of carbonyl (C=O) groups is 1. The Morgan fingerprint density at radius 2 is 2.25 bits per heavy atom. The van der Waals surface area contributed by atoms with Crippen molar-refractivity contribution < 1.29 is 14.3 Å². The van der Waals surface area contributed by atoms with E-state index in [1.165, 1.54) is 6.20 Å². The van der Waals surface area contributed by atoms with E-state index in [0.717, 1.165) is 0 Å². The normalized spacial score (nSPS) is 18.8. The predicted molar refractivity (Wildman–Crippen MR) is 73.2 cm³/mol. The largest absolute Gasteiger partial charge is 0.471 e. The number of rotatable bonds is 0. The topological polar surface area (TPSA) is 90.6 Å². The molecule has 1 aliphatic heterocycles. The lowest BCUT2D eigenvalue weighted by Crippen LogP contribution is -2.39. The first-order valence-electron chi connectivity index (χ1n) is 6.50. The maximum atomic E-state index is 12.2. The molecule has 0 spiro atoms. The summed E-state index contributed by atoms with van der Waals surface area (Å²) in [5.41, 5.74) is 5.64. The first-order chi connectivity index (χ1) is 9.24. The maximum Gasteiger partial charge on any atom is 0.410 e. The Hall–Kier alpha value is -2.05. The van der Waals surface area contributed by atoms with E-state index in [1.54, 1.807) is 4.90 Å². The fourth-order valence-corrected chi connectivity index (χ4v) is 1.86. The molecule has 0 saturated heterocycles. The zero-order valence-corrected chi connectivity index (χ0v) is 12.2. The molecule has 1 aromatic heterocycles. The summed E-state index contributed by atoms with van der Waals surface area (Å²) in [5, 5.41) is 0. The summed E-state index contributed by atoms with van der Waals surface area (Å²) in [6, 6.07) is 0. The van der Waals surface area contributed by atoms with Crippen molar-refractivity contribution in [2.45, 2.75) is 45.9 Å². The van der Waals surface area contributed by atoms with Crippen LogP contribution in [0.4, 0.5) is 10.6 Å². The Balaban J connectivity index is 2.21. The molecule has 110 valence electrons. The van der Waals surface area contributed by atoms with Crippen LogP contribution >= 0.6 is 0 Å². The Morgan fingerprint density at radius 3 is 2.90 bits per heavy atom. The number of ether oxygens (including phenoxy) is 2. The Morgan fingerprint density at radius 1 is 1.55 bits per heavy atom. The Bertz CT molecular complexity index is 513. The van der Waals surface area contributed by atoms with Gasteiger partial charge in [0, 0.05) is 0 Å². The van der Waals surface area contributed by atoms with Crippen LogP contribution in [0.2, 0.25) is 0 Å². The zero-order chi connectivity index (χ0) is 14.9. The molecule has 20 heavy (non-hydrogen) atoms. The highest BCUT2D eigenvalue weighted by Gasteiger charge is 2.29. The molecule has 7 nitrogen and oxygen atoms in total. The number of fused-ring (bicyclic) bond motifs is 1. The lowest BCUT2D eigenvalue weighted by atomic mass is 10.2. The van der Waals surface area contributed by atoms with Gasteiger partial charge in [0.1, 0.15) is 23.2 Å². The molecule has 7 heteroatoms. The van der Waals surface area contributed by atoms with Crippen LogP contribution in [-0.2, 0) is 11.3 Å². The van der Waals surface area contributed by atoms with Gasteiger partial charge in [0.25, 0.3) is 0 Å². The molecule has 2 rings (SSSR count). The third kappa shape index (κ3) is 3.49. The minimum Gasteiger partial charge on any atom is -0.471 e. The number of anilines is 1. The molecule has 1 atom stereocenters. The first-order valence-corrected chi connectivity index (χ1v) is 6.50. The van der Waals surface area contributed by atoms with Crippen molar-refractivity contribution in [3.63, 3.8) is 0 Å². The summed E-state index contributed by atoms with van der Waals surface area (Å²) in [4.78, 5) is 22.0. The van der Waals surface area contributed by atoms with Crippen molar-refractivity contribution in [2.75, 3.05) is 12.3 Å². The third-order valence-corrected chi connectivity index (χ3v) is 2.61. The molecule has 1 aliphatic rings. The monoisotopic (exact) mass is 280 g/mol. The van der Waals surface area contributed by atoms with E-state index in [2.05, 4.69) is 9.97 Å². The molecular weight excluding hydrogens is 260 g/mol. The van der Waals surface area contributed by atoms with Crippen LogP contribution in [0.3, 0.4) is 0 Å². The van der Waals surface area contributed by atoms with E-state index in [1.807, 2.05) is 27.7 Å². The molecule has 0 aromatic carbocycles. The zero-order valence-electron chi connectivity index (χ0n) is 12.2. The summed E-state index contributed by atoms with van der Waals surface area (Å²) in [7, 11) is 0. The average Bonchev–Trinajstić information content (AvgIpc) is 2.44. The summed E-state index contributed by atoms with van der Waals surface area (Å²) in [6.07, 6.45) is 0.852. The number of aromatic nitrogens is 2. The Labute approximate surface area is 118 Å². The standard InChI is InChI=1S/C13H20N4O3/c1-8-6-17(12(18)20-13(2,3)4)7-9-11(19-8)16-10(14)5-15-9/h5,8H,6-7H2,1-4H3,(H2,14,16). The van der Waals surface area contributed by atoms with Gasteiger partial charge in [0.05, 0.1) is 19.3 Å². The van der Waals surface area contributed by atoms with Gasteiger partial charge >= 0.3 is 6.09 Å². The van der Waals surface area contributed by atoms with E-state index in [4.69, 9.17) is 15.2 Å². The molecule has 0 fully saturated rings. The Kier molecular flexibility index (Phi) is 3.69. The van der Waals surface area contributed by atoms with Crippen molar-refractivity contribution >= 4 is 11.9 Å². The molecule has 2 heterocycles. The van der Waals surface area contributed by atoms with Gasteiger partial charge in [-0.15, -0.1) is 0 Å². The van der Waals surface area contributed by atoms with Gasteiger partial charge in [-0.1, -0.05) is 0 Å². The first kappa shape index (κ1) is 14.4. The molecule has 0 saturated carbocycles. The second-order valence-corrected chi connectivity index (χ2v) is 5.84. The number of hydrogen-bond donors (Lipinski definition) is 1. The molecule has 1 amide bonds. The van der Waals surface area contributed by atoms with E-state index < -0.39 is 5.60 Å². The molecule has 1 unspecified atom stereocenters. The van der Waals surface area contributed by atoms with E-state index in [-0.39, 0.29) is 12.2 Å². The van der Waals surface area contributed by atoms with Crippen molar-refractivity contribution in [1.82, 2.24) is 14.9 Å². The summed E-state index contributed by atoms with van der Waals surface area (Å²) < 4.78 is 11.0. The van der Waals surface area contributed by atoms with Crippen molar-refractivity contribution in [2.24, 2.45) is 0 Å².